The van der Waals surface area contributed by atoms with Crippen molar-refractivity contribution in [1.29, 1.82) is 0 Å². The van der Waals surface area contributed by atoms with Gasteiger partial charge in [0.2, 0.25) is 0 Å². The summed E-state index contributed by atoms with van der Waals surface area (Å²) < 4.78 is 5.28. The van der Waals surface area contributed by atoms with Crippen LogP contribution in [0.5, 0.6) is 5.75 Å². The van der Waals surface area contributed by atoms with E-state index in [2.05, 4.69) is 0 Å². The van der Waals surface area contributed by atoms with Gasteiger partial charge in [-0.2, -0.15) is 0 Å². The summed E-state index contributed by atoms with van der Waals surface area (Å²) in [5, 5.41) is 1.94. The highest BCUT2D eigenvalue weighted by atomic mass is 35.5. The highest BCUT2D eigenvalue weighted by Gasteiger charge is 2.11. The molecule has 0 aliphatic heterocycles. The van der Waals surface area contributed by atoms with Crippen LogP contribution in [0.1, 0.15) is 0 Å². The van der Waals surface area contributed by atoms with Crippen LogP contribution >= 0.6 is 11.6 Å². The van der Waals surface area contributed by atoms with E-state index in [0.717, 1.165) is 10.8 Å². The van der Waals surface area contributed by atoms with Crippen molar-refractivity contribution < 1.29 is 9.53 Å². The van der Waals surface area contributed by atoms with Gasteiger partial charge in [0.1, 0.15) is 5.75 Å². The summed E-state index contributed by atoms with van der Waals surface area (Å²) in [6, 6.07) is 13.4. The number of fused-ring (bicyclic) bond motifs is 1. The lowest BCUT2D eigenvalue weighted by Crippen LogP contribution is -2.28. The van der Waals surface area contributed by atoms with E-state index in [0.29, 0.717) is 5.75 Å². The van der Waals surface area contributed by atoms with Crippen LogP contribution in [0, 0.1) is 0 Å². The minimum Gasteiger partial charge on any atom is -0.410 e. The van der Waals surface area contributed by atoms with Crippen LogP contribution in [0.3, 0.4) is 0 Å². The van der Waals surface area contributed by atoms with Crippen molar-refractivity contribution in [2.45, 2.75) is 0 Å². The first-order valence-electron chi connectivity index (χ1n) is 5.19. The first kappa shape index (κ1) is 11.7. The summed E-state index contributed by atoms with van der Waals surface area (Å²) >= 11 is 5.56. The van der Waals surface area contributed by atoms with Crippen molar-refractivity contribution in [2.75, 3.05) is 13.1 Å². The predicted molar refractivity (Wildman–Crippen MR) is 68.5 cm³/mol. The van der Waals surface area contributed by atoms with E-state index >= 15 is 0 Å². The number of carbonyl (C=O) groups excluding carboxylic acids is 1. The van der Waals surface area contributed by atoms with Crippen molar-refractivity contribution in [2.24, 2.45) is 0 Å². The van der Waals surface area contributed by atoms with Crippen LogP contribution < -0.4 is 4.74 Å². The molecule has 0 aromatic heterocycles. The Morgan fingerprint density at radius 1 is 1.24 bits per heavy atom. The summed E-state index contributed by atoms with van der Waals surface area (Å²) in [7, 11) is 1.58. The first-order chi connectivity index (χ1) is 8.22. The number of amides is 1. The Balaban J connectivity index is 2.33. The zero-order valence-electron chi connectivity index (χ0n) is 9.39. The minimum absolute atomic E-state index is 0.101. The van der Waals surface area contributed by atoms with Gasteiger partial charge in [-0.1, -0.05) is 36.4 Å². The first-order valence-corrected chi connectivity index (χ1v) is 5.72. The summed E-state index contributed by atoms with van der Waals surface area (Å²) in [5.74, 6) is 0.546. The average molecular weight is 250 g/mol. The monoisotopic (exact) mass is 249 g/mol. The molecule has 0 aliphatic rings. The molecule has 0 saturated carbocycles. The lowest BCUT2D eigenvalue weighted by atomic mass is 10.1. The van der Waals surface area contributed by atoms with Crippen LogP contribution in [0.25, 0.3) is 10.8 Å². The molecule has 2 rings (SSSR count). The number of alkyl halides is 1. The second-order valence-corrected chi connectivity index (χ2v) is 3.90. The third kappa shape index (κ3) is 2.50. The molecule has 0 bridgehead atoms. The van der Waals surface area contributed by atoms with E-state index in [1.165, 1.54) is 4.90 Å². The maximum absolute atomic E-state index is 11.6. The van der Waals surface area contributed by atoms with Gasteiger partial charge in [0.25, 0.3) is 0 Å². The van der Waals surface area contributed by atoms with Crippen molar-refractivity contribution in [3.8, 4) is 5.75 Å². The van der Waals surface area contributed by atoms with E-state index in [-0.39, 0.29) is 6.00 Å². The van der Waals surface area contributed by atoms with Crippen LogP contribution in [-0.4, -0.2) is 24.0 Å². The van der Waals surface area contributed by atoms with E-state index in [1.54, 1.807) is 13.1 Å². The fourth-order valence-corrected chi connectivity index (χ4v) is 1.60. The number of rotatable bonds is 2. The fraction of sp³-hybridized carbons (Fsp3) is 0.154. The second kappa shape index (κ2) is 5.06. The molecule has 0 N–H and O–H groups in total. The molecule has 1 amide bonds. The molecule has 0 spiro atoms. The summed E-state index contributed by atoms with van der Waals surface area (Å²) in [6.45, 7) is 0. The summed E-state index contributed by atoms with van der Waals surface area (Å²) in [4.78, 5) is 12.9. The molecule has 0 atom stereocenters. The van der Waals surface area contributed by atoms with Crippen molar-refractivity contribution in [1.82, 2.24) is 4.90 Å². The summed E-state index contributed by atoms with van der Waals surface area (Å²) in [6.07, 6.45) is -0.462. The quantitative estimate of drug-likeness (QED) is 0.603. The maximum atomic E-state index is 11.6. The molecule has 88 valence electrons. The van der Waals surface area contributed by atoms with E-state index in [9.17, 15) is 4.79 Å². The van der Waals surface area contributed by atoms with E-state index in [1.807, 2.05) is 36.4 Å². The fourth-order valence-electron chi connectivity index (χ4n) is 1.51. The van der Waals surface area contributed by atoms with Gasteiger partial charge in [-0.3, -0.25) is 4.90 Å². The molecule has 0 radical (unpaired) electrons. The second-order valence-electron chi connectivity index (χ2n) is 3.66. The Labute approximate surface area is 105 Å². The van der Waals surface area contributed by atoms with Gasteiger partial charge in [-0.05, 0) is 11.5 Å². The average Bonchev–Trinajstić information content (AvgIpc) is 2.38. The normalized spacial score (nSPS) is 10.2. The largest absolute Gasteiger partial charge is 0.415 e. The molecule has 0 fully saturated rings. The smallest absolute Gasteiger partial charge is 0.410 e. The maximum Gasteiger partial charge on any atom is 0.415 e. The van der Waals surface area contributed by atoms with E-state index < -0.39 is 6.09 Å². The van der Waals surface area contributed by atoms with Gasteiger partial charge in [-0.15, -0.1) is 11.6 Å². The minimum atomic E-state index is -0.462. The van der Waals surface area contributed by atoms with Gasteiger partial charge >= 0.3 is 6.09 Å². The number of hydrogen-bond donors (Lipinski definition) is 0. The molecule has 2 aromatic rings. The van der Waals surface area contributed by atoms with Crippen molar-refractivity contribution in [3.63, 3.8) is 0 Å². The number of ether oxygens (including phenoxy) is 1. The van der Waals surface area contributed by atoms with Crippen molar-refractivity contribution in [3.05, 3.63) is 42.5 Å². The number of hydrogen-bond acceptors (Lipinski definition) is 2. The topological polar surface area (TPSA) is 29.5 Å². The third-order valence-electron chi connectivity index (χ3n) is 2.44. The number of halogens is 1. The Kier molecular flexibility index (Phi) is 3.49. The van der Waals surface area contributed by atoms with Gasteiger partial charge in [0.05, 0.1) is 6.00 Å². The number of nitrogens with zero attached hydrogens (tertiary/aromatic N) is 1. The molecule has 4 heteroatoms. The Morgan fingerprint density at radius 2 is 1.94 bits per heavy atom. The molecular weight excluding hydrogens is 238 g/mol. The third-order valence-corrected chi connectivity index (χ3v) is 2.80. The SMILES string of the molecule is CN(CCl)C(=O)Oc1cccc2ccccc12. The van der Waals surface area contributed by atoms with Crippen LogP contribution in [0.2, 0.25) is 0 Å². The van der Waals surface area contributed by atoms with Crippen LogP contribution in [-0.2, 0) is 0 Å². The lowest BCUT2D eigenvalue weighted by Gasteiger charge is -2.14. The van der Waals surface area contributed by atoms with Crippen molar-refractivity contribution >= 4 is 28.5 Å². The van der Waals surface area contributed by atoms with Gasteiger partial charge in [0.15, 0.2) is 0 Å². The molecule has 3 nitrogen and oxygen atoms in total. The Hall–Kier alpha value is -1.74. The molecule has 17 heavy (non-hydrogen) atoms. The molecular formula is C13H12ClNO2. The highest BCUT2D eigenvalue weighted by molar-refractivity contribution is 6.18. The Morgan fingerprint density at radius 3 is 2.71 bits per heavy atom. The van der Waals surface area contributed by atoms with Gasteiger partial charge in [0, 0.05) is 12.4 Å². The molecule has 0 heterocycles. The molecule has 2 aromatic carbocycles. The standard InChI is InChI=1S/C13H12ClNO2/c1-15(9-14)13(16)17-12-8-4-6-10-5-2-3-7-11(10)12/h2-8H,9H2,1H3. The molecule has 0 unspecified atom stereocenters. The Bertz CT molecular complexity index is 536. The van der Waals surface area contributed by atoms with Crippen LogP contribution in [0.15, 0.2) is 42.5 Å². The van der Waals surface area contributed by atoms with Gasteiger partial charge < -0.3 is 4.74 Å². The van der Waals surface area contributed by atoms with Crippen LogP contribution in [0.4, 0.5) is 4.79 Å². The van der Waals surface area contributed by atoms with E-state index in [4.69, 9.17) is 16.3 Å². The zero-order valence-corrected chi connectivity index (χ0v) is 10.1. The summed E-state index contributed by atoms with van der Waals surface area (Å²) in [5.41, 5.74) is 0. The number of benzene rings is 2. The highest BCUT2D eigenvalue weighted by Crippen LogP contribution is 2.25. The van der Waals surface area contributed by atoms with Gasteiger partial charge in [-0.25, -0.2) is 4.79 Å². The predicted octanol–water partition coefficient (Wildman–Crippen LogP) is 3.47. The zero-order chi connectivity index (χ0) is 12.3. The molecule has 0 aliphatic carbocycles. The number of carbonyl (C=O) groups is 1. The lowest BCUT2D eigenvalue weighted by molar-refractivity contribution is 0.170. The molecule has 0 saturated heterocycles.